The van der Waals surface area contributed by atoms with E-state index in [2.05, 4.69) is 15.9 Å². The van der Waals surface area contributed by atoms with Gasteiger partial charge in [0, 0.05) is 41.5 Å². The first-order valence-corrected chi connectivity index (χ1v) is 11.9. The van der Waals surface area contributed by atoms with Crippen LogP contribution in [0.4, 0.5) is 23.2 Å². The number of hydrogen-bond donors (Lipinski definition) is 0. The number of amides is 1. The van der Waals surface area contributed by atoms with E-state index in [1.807, 2.05) is 22.8 Å². The molecule has 1 saturated heterocycles. The SMILES string of the molecule is O=C1CCCC(c2nc3cc(Br)ccc3n2C2CCC(F)(F)CC2)N1c1ccc(F)c(F)c1. The van der Waals surface area contributed by atoms with E-state index >= 15 is 0 Å². The molecule has 2 fully saturated rings. The molecular formula is C24H22BrF4N3O. The highest BCUT2D eigenvalue weighted by Crippen LogP contribution is 2.44. The summed E-state index contributed by atoms with van der Waals surface area (Å²) in [4.78, 5) is 19.3. The molecule has 0 N–H and O–H groups in total. The van der Waals surface area contributed by atoms with Gasteiger partial charge in [0.1, 0.15) is 5.82 Å². The lowest BCUT2D eigenvalue weighted by Crippen LogP contribution is -2.40. The fourth-order valence-corrected chi connectivity index (χ4v) is 5.41. The maximum Gasteiger partial charge on any atom is 0.248 e. The molecule has 1 atom stereocenters. The second-order valence-electron chi connectivity index (χ2n) is 8.83. The van der Waals surface area contributed by atoms with E-state index in [9.17, 15) is 22.4 Å². The number of anilines is 1. The minimum absolute atomic E-state index is 0.186. The highest BCUT2D eigenvalue weighted by atomic mass is 79.9. The summed E-state index contributed by atoms with van der Waals surface area (Å²) < 4.78 is 58.2. The highest BCUT2D eigenvalue weighted by molar-refractivity contribution is 9.10. The van der Waals surface area contributed by atoms with Crippen LogP contribution in [0.2, 0.25) is 0 Å². The van der Waals surface area contributed by atoms with Crippen LogP contribution in [-0.2, 0) is 4.79 Å². The number of hydrogen-bond acceptors (Lipinski definition) is 2. The van der Waals surface area contributed by atoms with Crippen LogP contribution in [0.15, 0.2) is 40.9 Å². The Morgan fingerprint density at radius 1 is 1.00 bits per heavy atom. The van der Waals surface area contributed by atoms with Crippen molar-refractivity contribution < 1.29 is 22.4 Å². The van der Waals surface area contributed by atoms with Gasteiger partial charge in [0.25, 0.3) is 0 Å². The molecule has 1 aliphatic heterocycles. The van der Waals surface area contributed by atoms with Crippen molar-refractivity contribution in [3.05, 3.63) is 58.3 Å². The van der Waals surface area contributed by atoms with Gasteiger partial charge in [-0.15, -0.1) is 0 Å². The Morgan fingerprint density at radius 2 is 1.76 bits per heavy atom. The maximum atomic E-state index is 14.0. The smallest absolute Gasteiger partial charge is 0.248 e. The fraction of sp³-hybridized carbons (Fsp3) is 0.417. The van der Waals surface area contributed by atoms with Gasteiger partial charge in [-0.1, -0.05) is 15.9 Å². The van der Waals surface area contributed by atoms with E-state index in [4.69, 9.17) is 4.98 Å². The van der Waals surface area contributed by atoms with E-state index in [0.29, 0.717) is 37.0 Å². The van der Waals surface area contributed by atoms with Crippen molar-refractivity contribution in [2.45, 2.75) is 63.0 Å². The number of halogens is 5. The van der Waals surface area contributed by atoms with E-state index in [-0.39, 0.29) is 36.9 Å². The molecule has 2 aromatic carbocycles. The lowest BCUT2D eigenvalue weighted by Gasteiger charge is -2.37. The second kappa shape index (κ2) is 8.42. The first-order valence-electron chi connectivity index (χ1n) is 11.1. The van der Waals surface area contributed by atoms with Gasteiger partial charge in [0.2, 0.25) is 11.8 Å². The molecule has 33 heavy (non-hydrogen) atoms. The van der Waals surface area contributed by atoms with Crippen molar-refractivity contribution in [2.75, 3.05) is 4.90 Å². The number of rotatable bonds is 3. The van der Waals surface area contributed by atoms with Gasteiger partial charge in [-0.2, -0.15) is 0 Å². The van der Waals surface area contributed by atoms with Crippen LogP contribution >= 0.6 is 15.9 Å². The number of carbonyl (C=O) groups is 1. The van der Waals surface area contributed by atoms with Crippen LogP contribution in [0.3, 0.4) is 0 Å². The van der Waals surface area contributed by atoms with E-state index in [1.54, 1.807) is 0 Å². The molecule has 1 amide bonds. The summed E-state index contributed by atoms with van der Waals surface area (Å²) >= 11 is 3.46. The van der Waals surface area contributed by atoms with Gasteiger partial charge in [0.15, 0.2) is 11.6 Å². The van der Waals surface area contributed by atoms with E-state index < -0.39 is 23.6 Å². The predicted molar refractivity (Wildman–Crippen MR) is 120 cm³/mol. The average Bonchev–Trinajstić information content (AvgIpc) is 3.14. The Morgan fingerprint density at radius 3 is 2.48 bits per heavy atom. The molecule has 1 aromatic heterocycles. The Balaban J connectivity index is 1.64. The van der Waals surface area contributed by atoms with Crippen LogP contribution in [0.1, 0.15) is 62.9 Å². The summed E-state index contributed by atoms with van der Waals surface area (Å²) in [6.07, 6.45) is 1.68. The fourth-order valence-electron chi connectivity index (χ4n) is 5.07. The van der Waals surface area contributed by atoms with Crippen molar-refractivity contribution in [1.29, 1.82) is 0 Å². The first-order chi connectivity index (χ1) is 15.7. The summed E-state index contributed by atoms with van der Waals surface area (Å²) in [6.45, 7) is 0. The van der Waals surface area contributed by atoms with Crippen LogP contribution < -0.4 is 4.90 Å². The van der Waals surface area contributed by atoms with Crippen molar-refractivity contribution in [1.82, 2.24) is 9.55 Å². The molecular weight excluding hydrogens is 502 g/mol. The predicted octanol–water partition coefficient (Wildman–Crippen LogP) is 7.09. The van der Waals surface area contributed by atoms with Gasteiger partial charge in [0.05, 0.1) is 17.1 Å². The van der Waals surface area contributed by atoms with Crippen LogP contribution in [0.25, 0.3) is 11.0 Å². The minimum Gasteiger partial charge on any atom is -0.323 e. The monoisotopic (exact) mass is 523 g/mol. The molecule has 0 spiro atoms. The molecule has 4 nitrogen and oxygen atoms in total. The Bertz CT molecular complexity index is 1220. The van der Waals surface area contributed by atoms with Gasteiger partial charge in [-0.05, 0) is 56.0 Å². The molecule has 5 rings (SSSR count). The minimum atomic E-state index is -2.67. The van der Waals surface area contributed by atoms with Gasteiger partial charge in [-0.3, -0.25) is 4.79 Å². The highest BCUT2D eigenvalue weighted by Gasteiger charge is 2.39. The standard InChI is InChI=1S/C24H22BrF4N3O/c25-14-4-7-20-19(12-14)30-23(32(20)15-8-10-24(28,29)11-9-15)21-2-1-3-22(33)31(21)16-5-6-17(26)18(27)13-16/h4-7,12-13,15,21H,1-3,8-11H2. The normalized spacial score (nSPS) is 21.7. The molecule has 174 valence electrons. The topological polar surface area (TPSA) is 38.1 Å². The first kappa shape index (κ1) is 22.4. The van der Waals surface area contributed by atoms with Gasteiger partial charge >= 0.3 is 0 Å². The molecule has 0 bridgehead atoms. The molecule has 1 aliphatic carbocycles. The zero-order valence-electron chi connectivity index (χ0n) is 17.7. The summed E-state index contributed by atoms with van der Waals surface area (Å²) in [7, 11) is 0. The largest absolute Gasteiger partial charge is 0.323 e. The molecule has 2 heterocycles. The number of fused-ring (bicyclic) bond motifs is 1. The average molecular weight is 524 g/mol. The van der Waals surface area contributed by atoms with Crippen LogP contribution in [0, 0.1) is 11.6 Å². The second-order valence-corrected chi connectivity index (χ2v) is 9.75. The summed E-state index contributed by atoms with van der Waals surface area (Å²) in [5, 5.41) is 0. The number of imidazole rings is 1. The van der Waals surface area contributed by atoms with Crippen molar-refractivity contribution in [2.24, 2.45) is 0 Å². The number of nitrogens with zero attached hydrogens (tertiary/aromatic N) is 3. The summed E-state index contributed by atoms with van der Waals surface area (Å²) in [5.74, 6) is -4.30. The third kappa shape index (κ3) is 4.16. The van der Waals surface area contributed by atoms with Gasteiger partial charge < -0.3 is 9.47 Å². The zero-order valence-corrected chi connectivity index (χ0v) is 19.3. The quantitative estimate of drug-likeness (QED) is 0.344. The van der Waals surface area contributed by atoms with Crippen molar-refractivity contribution in [3.63, 3.8) is 0 Å². The Labute approximate surface area is 196 Å². The van der Waals surface area contributed by atoms with Crippen molar-refractivity contribution in [3.8, 4) is 0 Å². The Kier molecular flexibility index (Phi) is 5.71. The molecule has 1 saturated carbocycles. The Hall–Kier alpha value is -2.42. The number of alkyl halides is 2. The molecule has 9 heteroatoms. The zero-order chi connectivity index (χ0) is 23.3. The van der Waals surface area contributed by atoms with E-state index in [0.717, 1.165) is 22.1 Å². The third-order valence-electron chi connectivity index (χ3n) is 6.66. The van der Waals surface area contributed by atoms with Crippen LogP contribution in [-0.4, -0.2) is 21.4 Å². The van der Waals surface area contributed by atoms with Gasteiger partial charge in [-0.25, -0.2) is 22.5 Å². The number of aromatic nitrogens is 2. The lowest BCUT2D eigenvalue weighted by atomic mass is 9.91. The van der Waals surface area contributed by atoms with Crippen molar-refractivity contribution >= 4 is 38.6 Å². The third-order valence-corrected chi connectivity index (χ3v) is 7.15. The number of benzene rings is 2. The maximum absolute atomic E-state index is 14.0. The lowest BCUT2D eigenvalue weighted by molar-refractivity contribution is -0.120. The number of carbonyl (C=O) groups excluding carboxylic acids is 1. The molecule has 3 aromatic rings. The molecule has 0 radical (unpaired) electrons. The van der Waals surface area contributed by atoms with E-state index in [1.165, 1.54) is 11.0 Å². The summed E-state index contributed by atoms with van der Waals surface area (Å²) in [5.41, 5.74) is 1.77. The molecule has 1 unspecified atom stereocenters. The van der Waals surface area contributed by atoms with Crippen LogP contribution in [0.5, 0.6) is 0 Å². The number of piperidine rings is 1. The molecule has 2 aliphatic rings. The summed E-state index contributed by atoms with van der Waals surface area (Å²) in [6, 6.07) is 8.36.